The van der Waals surface area contributed by atoms with Gasteiger partial charge in [-0.2, -0.15) is 4.98 Å². The fourth-order valence-corrected chi connectivity index (χ4v) is 5.58. The Morgan fingerprint density at radius 2 is 1.32 bits per heavy atom. The number of rotatable bonds is 23. The van der Waals surface area contributed by atoms with E-state index in [-0.39, 0.29) is 41.4 Å². The molecule has 1 aliphatic heterocycles. The molecule has 2 aromatic carbocycles. The van der Waals surface area contributed by atoms with E-state index in [0.29, 0.717) is 78.2 Å². The predicted molar refractivity (Wildman–Crippen MR) is 192 cm³/mol. The zero-order valence-electron chi connectivity index (χ0n) is 30.6. The molecule has 21 nitrogen and oxygen atoms in total. The number of nitrogens with two attached hydrogens (primary N) is 1. The van der Waals surface area contributed by atoms with E-state index in [1.807, 2.05) is 0 Å². The van der Waals surface area contributed by atoms with E-state index in [1.165, 1.54) is 10.7 Å². The van der Waals surface area contributed by atoms with Gasteiger partial charge < -0.3 is 79.4 Å². The van der Waals surface area contributed by atoms with Gasteiger partial charge >= 0.3 is 5.97 Å². The van der Waals surface area contributed by atoms with Gasteiger partial charge in [0.05, 0.1) is 96.5 Å². The molecule has 3 atom stereocenters. The van der Waals surface area contributed by atoms with Crippen LogP contribution in [0.3, 0.4) is 0 Å². The third kappa shape index (κ3) is 12.2. The highest BCUT2D eigenvalue weighted by Gasteiger charge is 2.45. The Morgan fingerprint density at radius 1 is 0.737 bits per heavy atom. The fraction of sp³-hybridized carbons (Fsp3) is 0.444. The Morgan fingerprint density at radius 3 is 1.91 bits per heavy atom. The van der Waals surface area contributed by atoms with Crippen LogP contribution in [0, 0.1) is 0 Å². The summed E-state index contributed by atoms with van der Waals surface area (Å²) in [5, 5.41) is 79.9. The SMILES string of the molecule is NCCOCCOCCOCCOCCOCCn1cc(COC2c3c(O)cc(O)cc3OC(c3cc(O)c(O)c(O)c3)C2OC(=O)c2cc(O)nc(O)c2)nn1. The van der Waals surface area contributed by atoms with Crippen molar-refractivity contribution >= 4 is 5.97 Å². The van der Waals surface area contributed by atoms with Crippen molar-refractivity contribution in [1.29, 1.82) is 0 Å². The lowest BCUT2D eigenvalue weighted by atomic mass is 9.90. The second kappa shape index (κ2) is 21.0. The Kier molecular flexibility index (Phi) is 15.7. The quantitative estimate of drug-likeness (QED) is 0.0297. The standard InChI is InChI=1S/C36H45N5O16/c37-1-3-50-5-7-52-9-11-54-12-10-53-8-6-51-4-2-41-19-23(39-40-41)20-55-34-31-25(43)17-24(42)18-28(31)56-33(21-13-26(44)32(48)27(45)14-21)35(34)57-36(49)22-15-29(46)38-30(47)16-22/h13-19,33-35,42-45,48H,1-12,20,37H2,(H2,38,46,47). The summed E-state index contributed by atoms with van der Waals surface area (Å²) in [6.45, 7) is 4.66. The number of pyridine rings is 1. The first-order valence-corrected chi connectivity index (χ1v) is 17.7. The number of phenols is 5. The van der Waals surface area contributed by atoms with Gasteiger partial charge in [0.15, 0.2) is 29.5 Å². The lowest BCUT2D eigenvalue weighted by molar-refractivity contribution is -0.116. The zero-order valence-corrected chi connectivity index (χ0v) is 30.6. The van der Waals surface area contributed by atoms with Crippen LogP contribution >= 0.6 is 0 Å². The van der Waals surface area contributed by atoms with Crippen molar-refractivity contribution in [3.8, 4) is 46.3 Å². The second-order valence-corrected chi connectivity index (χ2v) is 12.3. The van der Waals surface area contributed by atoms with E-state index in [1.54, 1.807) is 6.20 Å². The molecule has 0 spiro atoms. The van der Waals surface area contributed by atoms with Crippen LogP contribution in [0.25, 0.3) is 0 Å². The first kappa shape index (κ1) is 42.5. The summed E-state index contributed by atoms with van der Waals surface area (Å²) in [5.41, 5.74) is 5.28. The molecule has 57 heavy (non-hydrogen) atoms. The summed E-state index contributed by atoms with van der Waals surface area (Å²) in [6, 6.07) is 6.16. The van der Waals surface area contributed by atoms with Crippen LogP contribution in [-0.2, 0) is 46.3 Å². The number of aromatic hydroxyl groups is 7. The van der Waals surface area contributed by atoms with Crippen LogP contribution < -0.4 is 10.5 Å². The number of ether oxygens (including phenoxy) is 8. The molecule has 9 N–H and O–H groups in total. The maximum absolute atomic E-state index is 13.5. The molecule has 4 aromatic rings. The number of nitrogens with zero attached hydrogens (tertiary/aromatic N) is 4. The van der Waals surface area contributed by atoms with Crippen molar-refractivity contribution in [3.63, 3.8) is 0 Å². The van der Waals surface area contributed by atoms with E-state index in [0.717, 1.165) is 30.3 Å². The van der Waals surface area contributed by atoms with Crippen molar-refractivity contribution in [2.45, 2.75) is 31.5 Å². The van der Waals surface area contributed by atoms with Gasteiger partial charge in [-0.1, -0.05) is 5.21 Å². The van der Waals surface area contributed by atoms with Crippen LogP contribution in [0.1, 0.15) is 39.4 Å². The Bertz CT molecular complexity index is 1870. The smallest absolute Gasteiger partial charge is 0.339 e. The van der Waals surface area contributed by atoms with Crippen LogP contribution in [0.15, 0.2) is 42.6 Å². The van der Waals surface area contributed by atoms with Crippen molar-refractivity contribution in [2.75, 3.05) is 72.6 Å². The largest absolute Gasteiger partial charge is 0.508 e. The molecule has 5 rings (SSSR count). The summed E-state index contributed by atoms with van der Waals surface area (Å²) in [4.78, 5) is 16.9. The maximum Gasteiger partial charge on any atom is 0.339 e. The molecule has 0 bridgehead atoms. The number of esters is 1. The van der Waals surface area contributed by atoms with Gasteiger partial charge in [0.2, 0.25) is 11.8 Å². The Hall–Kier alpha value is -5.68. The molecule has 0 fully saturated rings. The molecule has 310 valence electrons. The third-order valence-electron chi connectivity index (χ3n) is 8.15. The highest BCUT2D eigenvalue weighted by Crippen LogP contribution is 2.51. The minimum absolute atomic E-state index is 0.0185. The van der Waals surface area contributed by atoms with E-state index in [4.69, 9.17) is 43.6 Å². The monoisotopic (exact) mass is 803 g/mol. The topological polar surface area (TPSA) is 302 Å². The molecule has 1 aliphatic rings. The average molecular weight is 804 g/mol. The summed E-state index contributed by atoms with van der Waals surface area (Å²) in [5.74, 6) is -5.74. The highest BCUT2D eigenvalue weighted by atomic mass is 16.6. The lowest BCUT2D eigenvalue weighted by Crippen LogP contribution is -2.39. The molecule has 21 heteroatoms. The molecule has 3 unspecified atom stereocenters. The molecular formula is C36H45N5O16. The maximum atomic E-state index is 13.5. The third-order valence-corrected chi connectivity index (χ3v) is 8.15. The van der Waals surface area contributed by atoms with Crippen molar-refractivity contribution in [3.05, 3.63) is 65.0 Å². The molecule has 2 aromatic heterocycles. The average Bonchev–Trinajstić information content (AvgIpc) is 3.63. The Balaban J connectivity index is 1.19. The van der Waals surface area contributed by atoms with Crippen LogP contribution in [0.5, 0.6) is 46.3 Å². The molecule has 0 amide bonds. The molecule has 0 radical (unpaired) electrons. The van der Waals surface area contributed by atoms with E-state index in [2.05, 4.69) is 15.3 Å². The summed E-state index contributed by atoms with van der Waals surface area (Å²) in [7, 11) is 0. The highest BCUT2D eigenvalue weighted by molar-refractivity contribution is 5.90. The number of phenolic OH excluding ortho intramolecular Hbond substituents is 5. The van der Waals surface area contributed by atoms with Crippen molar-refractivity contribution < 1.29 is 78.4 Å². The number of fused-ring (bicyclic) bond motifs is 1. The number of carbonyl (C=O) groups is 1. The second-order valence-electron chi connectivity index (χ2n) is 12.3. The van der Waals surface area contributed by atoms with Crippen molar-refractivity contribution in [2.24, 2.45) is 5.73 Å². The first-order valence-electron chi connectivity index (χ1n) is 17.7. The molecule has 3 heterocycles. The first-order chi connectivity index (χ1) is 27.5. The lowest BCUT2D eigenvalue weighted by Gasteiger charge is -2.39. The minimum atomic E-state index is -1.54. The molecular weight excluding hydrogens is 758 g/mol. The fourth-order valence-electron chi connectivity index (χ4n) is 5.58. The van der Waals surface area contributed by atoms with Crippen molar-refractivity contribution in [1.82, 2.24) is 20.0 Å². The van der Waals surface area contributed by atoms with Gasteiger partial charge in [-0.3, -0.25) is 0 Å². The molecule has 0 saturated carbocycles. The number of carbonyl (C=O) groups excluding carboxylic acids is 1. The number of aromatic nitrogens is 4. The van der Waals surface area contributed by atoms with Gasteiger partial charge in [-0.25, -0.2) is 9.48 Å². The summed E-state index contributed by atoms with van der Waals surface area (Å²) >= 11 is 0. The predicted octanol–water partition coefficient (Wildman–Crippen LogP) is 1.27. The van der Waals surface area contributed by atoms with Gasteiger partial charge in [-0.15, -0.1) is 5.10 Å². The number of benzene rings is 2. The molecule has 0 saturated heterocycles. The van der Waals surface area contributed by atoms with Crippen LogP contribution in [0.2, 0.25) is 0 Å². The van der Waals surface area contributed by atoms with Gasteiger partial charge in [0.1, 0.15) is 29.0 Å². The summed E-state index contributed by atoms with van der Waals surface area (Å²) in [6.07, 6.45) is -2.76. The van der Waals surface area contributed by atoms with Crippen LogP contribution in [0.4, 0.5) is 0 Å². The number of hydrogen-bond acceptors (Lipinski definition) is 20. The minimum Gasteiger partial charge on any atom is -0.508 e. The number of hydrogen-bond donors (Lipinski definition) is 8. The zero-order chi connectivity index (χ0) is 40.7. The Labute approximate surface area is 325 Å². The van der Waals surface area contributed by atoms with E-state index in [9.17, 15) is 40.5 Å². The van der Waals surface area contributed by atoms with Gasteiger partial charge in [-0.05, 0) is 12.1 Å². The van der Waals surface area contributed by atoms with Gasteiger partial charge in [0.25, 0.3) is 0 Å². The summed E-state index contributed by atoms with van der Waals surface area (Å²) < 4.78 is 46.8. The normalized spacial score (nSPS) is 16.3. The van der Waals surface area contributed by atoms with Gasteiger partial charge in [0, 0.05) is 36.4 Å². The van der Waals surface area contributed by atoms with E-state index < -0.39 is 59.0 Å². The van der Waals surface area contributed by atoms with E-state index >= 15 is 0 Å². The van der Waals surface area contributed by atoms with Crippen LogP contribution in [-0.4, -0.2) is 140 Å². The molecule has 0 aliphatic carbocycles.